The zero-order valence-corrected chi connectivity index (χ0v) is 11.2. The van der Waals surface area contributed by atoms with Crippen molar-refractivity contribution in [3.05, 3.63) is 17.1 Å². The number of benzene rings is 1. The Hall–Kier alpha value is -1.37. The third kappa shape index (κ3) is 2.72. The van der Waals surface area contributed by atoms with Crippen molar-refractivity contribution in [1.82, 2.24) is 4.98 Å². The second kappa shape index (κ2) is 4.72. The minimum absolute atomic E-state index is 0.225. The molecule has 2 aromatic rings. The SMILES string of the molecule is Cc1nc2cc(NCC(C)(O)CO)c(N)cc2s1. The summed E-state index contributed by atoms with van der Waals surface area (Å²) in [6.45, 7) is 3.42. The number of thiazole rings is 1. The number of aliphatic hydroxyl groups is 2. The fourth-order valence-electron chi connectivity index (χ4n) is 1.60. The number of rotatable bonds is 4. The van der Waals surface area contributed by atoms with Crippen molar-refractivity contribution in [2.24, 2.45) is 0 Å². The number of nitrogen functional groups attached to an aromatic ring is 1. The fraction of sp³-hybridized carbons (Fsp3) is 0.417. The van der Waals surface area contributed by atoms with E-state index in [2.05, 4.69) is 10.3 Å². The van der Waals surface area contributed by atoms with Gasteiger partial charge >= 0.3 is 0 Å². The number of nitrogens with zero attached hydrogens (tertiary/aromatic N) is 1. The third-order valence-electron chi connectivity index (χ3n) is 2.67. The second-order valence-corrected chi connectivity index (χ2v) is 5.88. The molecule has 5 nitrogen and oxygen atoms in total. The molecule has 1 aromatic carbocycles. The first-order chi connectivity index (χ1) is 8.41. The molecule has 1 aromatic heterocycles. The fourth-order valence-corrected chi connectivity index (χ4v) is 2.46. The smallest absolute Gasteiger partial charge is 0.102 e. The van der Waals surface area contributed by atoms with Crippen molar-refractivity contribution in [3.63, 3.8) is 0 Å². The van der Waals surface area contributed by atoms with Gasteiger partial charge in [0.25, 0.3) is 0 Å². The van der Waals surface area contributed by atoms with Crippen LogP contribution in [0.25, 0.3) is 10.2 Å². The number of hydrogen-bond acceptors (Lipinski definition) is 6. The van der Waals surface area contributed by atoms with E-state index in [1.807, 2.05) is 19.1 Å². The summed E-state index contributed by atoms with van der Waals surface area (Å²) in [5.74, 6) is 0. The molecule has 0 amide bonds. The Kier molecular flexibility index (Phi) is 3.43. The molecule has 0 aliphatic heterocycles. The predicted molar refractivity (Wildman–Crippen MR) is 75.0 cm³/mol. The number of aryl methyl sites for hydroxylation is 1. The number of hydrogen-bond donors (Lipinski definition) is 4. The second-order valence-electron chi connectivity index (χ2n) is 4.65. The normalized spacial score (nSPS) is 14.7. The van der Waals surface area contributed by atoms with Gasteiger partial charge in [-0.15, -0.1) is 11.3 Å². The van der Waals surface area contributed by atoms with Crippen molar-refractivity contribution in [2.45, 2.75) is 19.4 Å². The van der Waals surface area contributed by atoms with E-state index in [0.717, 1.165) is 20.9 Å². The highest BCUT2D eigenvalue weighted by molar-refractivity contribution is 7.18. The molecule has 0 spiro atoms. The van der Waals surface area contributed by atoms with Gasteiger partial charge in [-0.05, 0) is 26.0 Å². The van der Waals surface area contributed by atoms with Crippen molar-refractivity contribution in [1.29, 1.82) is 0 Å². The Morgan fingerprint density at radius 3 is 2.89 bits per heavy atom. The van der Waals surface area contributed by atoms with E-state index >= 15 is 0 Å². The van der Waals surface area contributed by atoms with Crippen LogP contribution in [0.4, 0.5) is 11.4 Å². The van der Waals surface area contributed by atoms with Crippen LogP contribution in [0.1, 0.15) is 11.9 Å². The molecule has 0 aliphatic carbocycles. The lowest BCUT2D eigenvalue weighted by Gasteiger charge is -2.21. The molecule has 1 atom stereocenters. The Morgan fingerprint density at radius 1 is 1.50 bits per heavy atom. The molecule has 0 saturated heterocycles. The largest absolute Gasteiger partial charge is 0.397 e. The number of nitrogens with two attached hydrogens (primary N) is 1. The summed E-state index contributed by atoms with van der Waals surface area (Å²) in [5, 5.41) is 22.7. The summed E-state index contributed by atoms with van der Waals surface area (Å²) in [6, 6.07) is 3.73. The molecular formula is C12H17N3O2S. The average Bonchev–Trinajstić information content (AvgIpc) is 2.65. The van der Waals surface area contributed by atoms with E-state index in [4.69, 9.17) is 10.8 Å². The molecule has 6 heteroatoms. The summed E-state index contributed by atoms with van der Waals surface area (Å²) in [7, 11) is 0. The molecule has 0 fully saturated rings. The molecular weight excluding hydrogens is 250 g/mol. The lowest BCUT2D eigenvalue weighted by molar-refractivity contribution is 0.0132. The lowest BCUT2D eigenvalue weighted by atomic mass is 10.1. The van der Waals surface area contributed by atoms with Gasteiger partial charge in [0.2, 0.25) is 0 Å². The molecule has 2 rings (SSSR count). The minimum Gasteiger partial charge on any atom is -0.397 e. The maximum Gasteiger partial charge on any atom is 0.102 e. The van der Waals surface area contributed by atoms with Crippen molar-refractivity contribution in [2.75, 3.05) is 24.2 Å². The van der Waals surface area contributed by atoms with Gasteiger partial charge in [-0.2, -0.15) is 0 Å². The zero-order chi connectivity index (χ0) is 13.3. The molecule has 0 aliphatic rings. The number of aromatic nitrogens is 1. The molecule has 18 heavy (non-hydrogen) atoms. The Labute approximate surface area is 109 Å². The molecule has 5 N–H and O–H groups in total. The van der Waals surface area contributed by atoms with Gasteiger partial charge in [-0.25, -0.2) is 4.98 Å². The monoisotopic (exact) mass is 267 g/mol. The van der Waals surface area contributed by atoms with Crippen LogP contribution in [0.2, 0.25) is 0 Å². The van der Waals surface area contributed by atoms with Crippen LogP contribution in [0, 0.1) is 6.92 Å². The van der Waals surface area contributed by atoms with Crippen molar-refractivity contribution in [3.8, 4) is 0 Å². The summed E-state index contributed by atoms with van der Waals surface area (Å²) in [6.07, 6.45) is 0. The third-order valence-corrected chi connectivity index (χ3v) is 3.60. The number of fused-ring (bicyclic) bond motifs is 1. The highest BCUT2D eigenvalue weighted by Gasteiger charge is 2.19. The first-order valence-corrected chi connectivity index (χ1v) is 6.47. The summed E-state index contributed by atoms with van der Waals surface area (Å²) >= 11 is 1.59. The van der Waals surface area contributed by atoms with Crippen molar-refractivity contribution < 1.29 is 10.2 Å². The number of anilines is 2. The molecule has 1 heterocycles. The van der Waals surface area contributed by atoms with Crippen molar-refractivity contribution >= 4 is 32.9 Å². The number of nitrogens with one attached hydrogen (secondary N) is 1. The zero-order valence-electron chi connectivity index (χ0n) is 10.4. The first-order valence-electron chi connectivity index (χ1n) is 5.65. The van der Waals surface area contributed by atoms with Gasteiger partial charge in [0.1, 0.15) is 5.60 Å². The minimum atomic E-state index is -1.17. The highest BCUT2D eigenvalue weighted by Crippen LogP contribution is 2.29. The molecule has 0 bridgehead atoms. The number of aliphatic hydroxyl groups excluding tert-OH is 1. The Morgan fingerprint density at radius 2 is 2.22 bits per heavy atom. The maximum absolute atomic E-state index is 9.73. The summed E-state index contributed by atoms with van der Waals surface area (Å²) < 4.78 is 1.05. The predicted octanol–water partition coefficient (Wildman–Crippen LogP) is 1.34. The molecule has 98 valence electrons. The van der Waals surface area contributed by atoms with E-state index in [-0.39, 0.29) is 13.2 Å². The van der Waals surface area contributed by atoms with Crippen LogP contribution >= 0.6 is 11.3 Å². The molecule has 0 saturated carbocycles. The van der Waals surface area contributed by atoms with E-state index in [9.17, 15) is 5.11 Å². The quantitative estimate of drug-likeness (QED) is 0.628. The Balaban J connectivity index is 2.25. The van der Waals surface area contributed by atoms with Gasteiger partial charge < -0.3 is 21.3 Å². The molecule has 1 unspecified atom stereocenters. The van der Waals surface area contributed by atoms with Gasteiger partial charge in [0, 0.05) is 6.54 Å². The average molecular weight is 267 g/mol. The van der Waals surface area contributed by atoms with Gasteiger partial charge in [-0.3, -0.25) is 0 Å². The van der Waals surface area contributed by atoms with Crippen LogP contribution in [0.3, 0.4) is 0 Å². The van der Waals surface area contributed by atoms with Crippen LogP contribution in [0.5, 0.6) is 0 Å². The van der Waals surface area contributed by atoms with E-state index in [0.29, 0.717) is 5.69 Å². The van der Waals surface area contributed by atoms with Crippen LogP contribution in [-0.4, -0.2) is 33.9 Å². The van der Waals surface area contributed by atoms with E-state index in [1.165, 1.54) is 0 Å². The van der Waals surface area contributed by atoms with Crippen LogP contribution in [-0.2, 0) is 0 Å². The topological polar surface area (TPSA) is 91.4 Å². The Bertz CT molecular complexity index is 566. The van der Waals surface area contributed by atoms with E-state index in [1.54, 1.807) is 18.3 Å². The lowest BCUT2D eigenvalue weighted by Crippen LogP contribution is -2.37. The highest BCUT2D eigenvalue weighted by atomic mass is 32.1. The first kappa shape index (κ1) is 13.1. The van der Waals surface area contributed by atoms with Gasteiger partial charge in [0.05, 0.1) is 33.2 Å². The summed E-state index contributed by atoms with van der Waals surface area (Å²) in [4.78, 5) is 4.39. The van der Waals surface area contributed by atoms with Gasteiger partial charge in [-0.1, -0.05) is 0 Å². The van der Waals surface area contributed by atoms with E-state index < -0.39 is 5.60 Å². The van der Waals surface area contributed by atoms with Crippen LogP contribution in [0.15, 0.2) is 12.1 Å². The van der Waals surface area contributed by atoms with Crippen LogP contribution < -0.4 is 11.1 Å². The maximum atomic E-state index is 9.73. The summed E-state index contributed by atoms with van der Waals surface area (Å²) in [5.41, 5.74) is 6.99. The van der Waals surface area contributed by atoms with Gasteiger partial charge in [0.15, 0.2) is 0 Å². The standard InChI is InChI=1S/C12H17N3O2S/c1-7-15-10-4-9(8(13)3-11(10)18-7)14-5-12(2,17)6-16/h3-4,14,16-17H,5-6,13H2,1-2H3. The molecule has 0 radical (unpaired) electrons.